The molecule has 1 saturated carbocycles. The van der Waals surface area contributed by atoms with E-state index in [1.807, 2.05) is 48.5 Å². The molecular weight excluding hydrogens is 352 g/mol. The van der Waals surface area contributed by atoms with Crippen molar-refractivity contribution in [2.45, 2.75) is 38.1 Å². The number of nitrogens with one attached hydrogen (secondary N) is 1. The predicted octanol–water partition coefficient (Wildman–Crippen LogP) is 4.93. The minimum Gasteiger partial charge on any atom is -0.478 e. The summed E-state index contributed by atoms with van der Waals surface area (Å²) in [5.41, 5.74) is 3.67. The maximum Gasteiger partial charge on any atom is 0.328 e. The van der Waals surface area contributed by atoms with Crippen LogP contribution in [0.4, 0.5) is 10.5 Å². The molecule has 1 aliphatic carbocycles. The van der Waals surface area contributed by atoms with Crippen molar-refractivity contribution < 1.29 is 14.7 Å². The van der Waals surface area contributed by atoms with Crippen LogP contribution in [-0.2, 0) is 4.79 Å². The number of carboxylic acids is 1. The van der Waals surface area contributed by atoms with Gasteiger partial charge in [0.1, 0.15) is 0 Å². The highest BCUT2D eigenvalue weighted by Crippen LogP contribution is 2.25. The average Bonchev–Trinajstić information content (AvgIpc) is 2.73. The molecule has 2 aromatic carbocycles. The molecule has 1 aliphatic rings. The molecule has 5 heteroatoms. The van der Waals surface area contributed by atoms with Crippen LogP contribution < -0.4 is 10.2 Å². The second-order valence-electron chi connectivity index (χ2n) is 7.19. The van der Waals surface area contributed by atoms with E-state index >= 15 is 0 Å². The van der Waals surface area contributed by atoms with Crippen LogP contribution in [0.1, 0.15) is 37.7 Å². The lowest BCUT2D eigenvalue weighted by Gasteiger charge is -2.26. The molecule has 5 nitrogen and oxygen atoms in total. The van der Waals surface area contributed by atoms with Gasteiger partial charge in [0.2, 0.25) is 0 Å². The summed E-state index contributed by atoms with van der Waals surface area (Å²) in [4.78, 5) is 24.9. The van der Waals surface area contributed by atoms with Gasteiger partial charge in [0.15, 0.2) is 0 Å². The van der Waals surface area contributed by atoms with Gasteiger partial charge >= 0.3 is 12.0 Å². The first-order chi connectivity index (χ1) is 13.5. The molecule has 146 valence electrons. The largest absolute Gasteiger partial charge is 0.478 e. The molecule has 0 spiro atoms. The summed E-state index contributed by atoms with van der Waals surface area (Å²) in [6.45, 7) is 0. The van der Waals surface area contributed by atoms with E-state index in [4.69, 9.17) is 5.11 Å². The number of carboxylic acid groups (broad SMARTS) is 1. The van der Waals surface area contributed by atoms with Gasteiger partial charge in [-0.25, -0.2) is 9.59 Å². The van der Waals surface area contributed by atoms with E-state index in [0.717, 1.165) is 41.3 Å². The molecule has 0 aliphatic heterocycles. The Hall–Kier alpha value is -3.08. The zero-order chi connectivity index (χ0) is 19.9. The Morgan fingerprint density at radius 3 is 2.43 bits per heavy atom. The number of carbonyl (C=O) groups is 2. The van der Waals surface area contributed by atoms with Crippen LogP contribution >= 0.6 is 0 Å². The van der Waals surface area contributed by atoms with Gasteiger partial charge < -0.3 is 10.4 Å². The lowest BCUT2D eigenvalue weighted by Crippen LogP contribution is -2.43. The molecular formula is C23H26N2O3. The number of carbonyl (C=O) groups excluding carboxylic acids is 1. The van der Waals surface area contributed by atoms with Gasteiger partial charge in [-0.05, 0) is 47.7 Å². The zero-order valence-corrected chi connectivity index (χ0v) is 16.1. The van der Waals surface area contributed by atoms with E-state index in [9.17, 15) is 9.59 Å². The molecule has 28 heavy (non-hydrogen) atoms. The Kier molecular flexibility index (Phi) is 6.48. The fourth-order valence-corrected chi connectivity index (χ4v) is 3.48. The Balaban J connectivity index is 1.70. The van der Waals surface area contributed by atoms with Gasteiger partial charge in [-0.2, -0.15) is 0 Å². The number of urea groups is 1. The molecule has 0 heterocycles. The third kappa shape index (κ3) is 5.22. The quantitative estimate of drug-likeness (QED) is 0.725. The summed E-state index contributed by atoms with van der Waals surface area (Å²) in [5.74, 6) is -0.966. The average molecular weight is 378 g/mol. The van der Waals surface area contributed by atoms with E-state index in [2.05, 4.69) is 5.32 Å². The summed E-state index contributed by atoms with van der Waals surface area (Å²) in [5, 5.41) is 11.9. The van der Waals surface area contributed by atoms with Crippen molar-refractivity contribution in [2.75, 3.05) is 11.9 Å². The number of hydrogen-bond acceptors (Lipinski definition) is 2. The van der Waals surface area contributed by atoms with Crippen LogP contribution in [0.15, 0.2) is 54.6 Å². The van der Waals surface area contributed by atoms with Crippen molar-refractivity contribution >= 4 is 23.8 Å². The third-order valence-electron chi connectivity index (χ3n) is 5.13. The van der Waals surface area contributed by atoms with Crippen LogP contribution in [0, 0.1) is 0 Å². The summed E-state index contributed by atoms with van der Waals surface area (Å²) in [6, 6.07) is 15.7. The maximum atomic E-state index is 12.6. The maximum absolute atomic E-state index is 12.6. The van der Waals surface area contributed by atoms with Gasteiger partial charge in [-0.3, -0.25) is 4.90 Å². The van der Waals surface area contributed by atoms with Crippen LogP contribution in [0.2, 0.25) is 0 Å². The molecule has 0 unspecified atom stereocenters. The van der Waals surface area contributed by atoms with Gasteiger partial charge in [0.25, 0.3) is 0 Å². The number of benzene rings is 2. The number of nitrogens with zero attached hydrogens (tertiary/aromatic N) is 1. The second kappa shape index (κ2) is 9.22. The van der Waals surface area contributed by atoms with Crippen molar-refractivity contribution in [1.82, 2.24) is 5.32 Å². The number of aliphatic carboxylic acids is 1. The monoisotopic (exact) mass is 378 g/mol. The highest BCUT2D eigenvalue weighted by molar-refractivity contribution is 5.92. The lowest BCUT2D eigenvalue weighted by molar-refractivity contribution is -0.131. The number of anilines is 1. The van der Waals surface area contributed by atoms with Crippen LogP contribution in [0.25, 0.3) is 17.2 Å². The van der Waals surface area contributed by atoms with Crippen molar-refractivity contribution in [3.63, 3.8) is 0 Å². The highest BCUT2D eigenvalue weighted by Gasteiger charge is 2.18. The smallest absolute Gasteiger partial charge is 0.328 e. The molecule has 1 fully saturated rings. The van der Waals surface area contributed by atoms with E-state index < -0.39 is 5.97 Å². The fourth-order valence-electron chi connectivity index (χ4n) is 3.48. The third-order valence-corrected chi connectivity index (χ3v) is 5.13. The molecule has 0 radical (unpaired) electrons. The van der Waals surface area contributed by atoms with E-state index in [-0.39, 0.29) is 12.1 Å². The molecule has 2 aromatic rings. The SMILES string of the molecule is CN(C(=O)NC1CCCCC1)c1cccc(-c2ccc(/C=C/C(=O)O)cc2)c1. The van der Waals surface area contributed by atoms with Gasteiger partial charge in [0, 0.05) is 24.9 Å². The Bertz CT molecular complexity index is 852. The summed E-state index contributed by atoms with van der Waals surface area (Å²) >= 11 is 0. The molecule has 0 bridgehead atoms. The minimum atomic E-state index is -0.966. The van der Waals surface area contributed by atoms with Crippen LogP contribution in [-0.4, -0.2) is 30.2 Å². The molecule has 2 N–H and O–H groups in total. The van der Waals surface area contributed by atoms with Crippen LogP contribution in [0.5, 0.6) is 0 Å². The first-order valence-electron chi connectivity index (χ1n) is 9.68. The zero-order valence-electron chi connectivity index (χ0n) is 16.1. The first-order valence-corrected chi connectivity index (χ1v) is 9.68. The second-order valence-corrected chi connectivity index (χ2v) is 7.19. The summed E-state index contributed by atoms with van der Waals surface area (Å²) < 4.78 is 0. The number of hydrogen-bond donors (Lipinski definition) is 2. The predicted molar refractivity (Wildman–Crippen MR) is 112 cm³/mol. The van der Waals surface area contributed by atoms with Crippen molar-refractivity contribution in [3.05, 3.63) is 60.2 Å². The first kappa shape index (κ1) is 19.7. The molecule has 0 saturated heterocycles. The van der Waals surface area contributed by atoms with E-state index in [0.29, 0.717) is 0 Å². The van der Waals surface area contributed by atoms with E-state index in [1.165, 1.54) is 19.3 Å². The molecule has 0 atom stereocenters. The van der Waals surface area contributed by atoms with Crippen molar-refractivity contribution in [2.24, 2.45) is 0 Å². The number of rotatable bonds is 5. The Morgan fingerprint density at radius 2 is 1.75 bits per heavy atom. The van der Waals surface area contributed by atoms with Gasteiger partial charge in [-0.1, -0.05) is 55.7 Å². The minimum absolute atomic E-state index is 0.0711. The molecule has 0 aromatic heterocycles. The lowest BCUT2D eigenvalue weighted by atomic mass is 9.96. The topological polar surface area (TPSA) is 69.6 Å². The standard InChI is InChI=1S/C23H26N2O3/c1-25(23(28)24-20-7-3-2-4-8-20)21-9-5-6-19(16-21)18-13-10-17(11-14-18)12-15-22(26)27/h5-6,9-16,20H,2-4,7-8H2,1H3,(H,24,28)(H,26,27)/b15-12+. The van der Waals surface area contributed by atoms with E-state index in [1.54, 1.807) is 18.0 Å². The highest BCUT2D eigenvalue weighted by atomic mass is 16.4. The van der Waals surface area contributed by atoms with Crippen molar-refractivity contribution in [3.8, 4) is 11.1 Å². The fraction of sp³-hybridized carbons (Fsp3) is 0.304. The molecule has 3 rings (SSSR count). The van der Waals surface area contributed by atoms with Crippen LogP contribution in [0.3, 0.4) is 0 Å². The Morgan fingerprint density at radius 1 is 1.04 bits per heavy atom. The Labute approximate surface area is 165 Å². The van der Waals surface area contributed by atoms with Gasteiger partial charge in [-0.15, -0.1) is 0 Å². The normalized spacial score (nSPS) is 14.8. The summed E-state index contributed by atoms with van der Waals surface area (Å²) in [7, 11) is 1.79. The van der Waals surface area contributed by atoms with Gasteiger partial charge in [0.05, 0.1) is 0 Å². The van der Waals surface area contributed by atoms with Crippen molar-refractivity contribution in [1.29, 1.82) is 0 Å². The summed E-state index contributed by atoms with van der Waals surface area (Å²) in [6.07, 6.45) is 8.42. The number of amides is 2. The molecule has 2 amide bonds.